The molecule has 0 saturated carbocycles. The maximum Gasteiger partial charge on any atom is 0.293 e. The second kappa shape index (κ2) is 8.48. The lowest BCUT2D eigenvalue weighted by molar-refractivity contribution is -0.115. The summed E-state index contributed by atoms with van der Waals surface area (Å²) in [5, 5.41) is 7.73. The standard InChI is InChI=1S/C26H19ClN2O4/c1-15-6-11-19-16(14-32-22(19)12-15)13-23(30)29-24-20-4-2-3-5-21(20)33-25(24)26(31)28-18-9-7-17(27)8-10-18/h2-12,14H,13H2,1H3,(H,28,31)(H,29,30). The zero-order valence-electron chi connectivity index (χ0n) is 17.6. The van der Waals surface area contributed by atoms with Crippen LogP contribution in [0.4, 0.5) is 11.4 Å². The number of hydrogen-bond donors (Lipinski definition) is 2. The molecule has 0 aliphatic carbocycles. The van der Waals surface area contributed by atoms with E-state index in [-0.39, 0.29) is 18.1 Å². The van der Waals surface area contributed by atoms with Crippen LogP contribution in [0.3, 0.4) is 0 Å². The summed E-state index contributed by atoms with van der Waals surface area (Å²) in [5.74, 6) is -0.745. The van der Waals surface area contributed by atoms with Crippen molar-refractivity contribution in [3.05, 3.63) is 94.9 Å². The van der Waals surface area contributed by atoms with Gasteiger partial charge in [0.25, 0.3) is 5.91 Å². The topological polar surface area (TPSA) is 84.5 Å². The Morgan fingerprint density at radius 3 is 2.52 bits per heavy atom. The molecule has 33 heavy (non-hydrogen) atoms. The van der Waals surface area contributed by atoms with Crippen molar-refractivity contribution in [2.75, 3.05) is 10.6 Å². The SMILES string of the molecule is Cc1ccc2c(CC(=O)Nc3c(C(=O)Nc4ccc(Cl)cc4)oc4ccccc34)coc2c1. The molecule has 5 rings (SSSR count). The number of carbonyl (C=O) groups excluding carboxylic acids is 2. The predicted octanol–water partition coefficient (Wildman–Crippen LogP) is 6.57. The van der Waals surface area contributed by atoms with Crippen molar-refractivity contribution >= 4 is 56.7 Å². The van der Waals surface area contributed by atoms with Gasteiger partial charge in [-0.25, -0.2) is 0 Å². The van der Waals surface area contributed by atoms with Crippen LogP contribution in [0, 0.1) is 6.92 Å². The number of amides is 2. The molecule has 3 aromatic carbocycles. The van der Waals surface area contributed by atoms with Gasteiger partial charge in [-0.1, -0.05) is 35.9 Å². The fourth-order valence-corrected chi connectivity index (χ4v) is 3.86. The normalized spacial score (nSPS) is 11.1. The Morgan fingerprint density at radius 1 is 0.909 bits per heavy atom. The van der Waals surface area contributed by atoms with Crippen molar-refractivity contribution in [3.8, 4) is 0 Å². The molecule has 5 aromatic rings. The highest BCUT2D eigenvalue weighted by molar-refractivity contribution is 6.30. The number of aryl methyl sites for hydroxylation is 1. The predicted molar refractivity (Wildman–Crippen MR) is 129 cm³/mol. The minimum absolute atomic E-state index is 0.0205. The first-order valence-corrected chi connectivity index (χ1v) is 10.7. The summed E-state index contributed by atoms with van der Waals surface area (Å²) >= 11 is 5.92. The first-order valence-electron chi connectivity index (χ1n) is 10.3. The van der Waals surface area contributed by atoms with E-state index in [9.17, 15) is 9.59 Å². The van der Waals surface area contributed by atoms with Crippen LogP contribution in [0.2, 0.25) is 5.02 Å². The Hall–Kier alpha value is -4.03. The number of rotatable bonds is 5. The average Bonchev–Trinajstić information content (AvgIpc) is 3.36. The molecule has 0 spiro atoms. The van der Waals surface area contributed by atoms with Gasteiger partial charge in [0.1, 0.15) is 16.9 Å². The van der Waals surface area contributed by atoms with Gasteiger partial charge in [-0.2, -0.15) is 0 Å². The van der Waals surface area contributed by atoms with E-state index in [4.69, 9.17) is 20.4 Å². The first kappa shape index (κ1) is 20.8. The second-order valence-corrected chi connectivity index (χ2v) is 8.19. The Labute approximate surface area is 194 Å². The summed E-state index contributed by atoms with van der Waals surface area (Å²) in [4.78, 5) is 26.0. The third kappa shape index (κ3) is 4.21. The van der Waals surface area contributed by atoms with E-state index in [0.29, 0.717) is 27.4 Å². The summed E-state index contributed by atoms with van der Waals surface area (Å²) in [5.41, 5.74) is 3.96. The van der Waals surface area contributed by atoms with Crippen molar-refractivity contribution in [1.82, 2.24) is 0 Å². The summed E-state index contributed by atoms with van der Waals surface area (Å²) in [6, 6.07) is 19.7. The van der Waals surface area contributed by atoms with E-state index in [0.717, 1.165) is 22.1 Å². The van der Waals surface area contributed by atoms with E-state index in [1.807, 2.05) is 31.2 Å². The summed E-state index contributed by atoms with van der Waals surface area (Å²) in [6.07, 6.45) is 1.68. The molecule has 0 aliphatic heterocycles. The molecule has 2 N–H and O–H groups in total. The van der Waals surface area contributed by atoms with Crippen LogP contribution in [0.5, 0.6) is 0 Å². The molecule has 0 fully saturated rings. The number of benzene rings is 3. The number of halogens is 1. The van der Waals surface area contributed by atoms with E-state index in [1.165, 1.54) is 0 Å². The van der Waals surface area contributed by atoms with Crippen LogP contribution < -0.4 is 10.6 Å². The molecular formula is C26H19ClN2O4. The number of furan rings is 2. The van der Waals surface area contributed by atoms with Crippen LogP contribution in [-0.2, 0) is 11.2 Å². The van der Waals surface area contributed by atoms with Crippen molar-refractivity contribution in [1.29, 1.82) is 0 Å². The fourth-order valence-electron chi connectivity index (χ4n) is 3.73. The van der Waals surface area contributed by atoms with E-state index in [2.05, 4.69) is 10.6 Å². The minimum atomic E-state index is -0.479. The number of fused-ring (bicyclic) bond motifs is 2. The van der Waals surface area contributed by atoms with Gasteiger partial charge in [0.05, 0.1) is 12.7 Å². The highest BCUT2D eigenvalue weighted by atomic mass is 35.5. The lowest BCUT2D eigenvalue weighted by atomic mass is 10.1. The van der Waals surface area contributed by atoms with Crippen LogP contribution >= 0.6 is 11.6 Å². The third-order valence-corrected chi connectivity index (χ3v) is 5.58. The van der Waals surface area contributed by atoms with E-state index < -0.39 is 5.91 Å². The highest BCUT2D eigenvalue weighted by Crippen LogP contribution is 2.32. The summed E-state index contributed by atoms with van der Waals surface area (Å²) in [6.45, 7) is 1.98. The van der Waals surface area contributed by atoms with Crippen molar-refractivity contribution in [2.24, 2.45) is 0 Å². The molecule has 0 radical (unpaired) electrons. The molecule has 2 amide bonds. The number of carbonyl (C=O) groups is 2. The smallest absolute Gasteiger partial charge is 0.293 e. The maximum atomic E-state index is 13.0. The molecule has 2 heterocycles. The number of nitrogens with one attached hydrogen (secondary N) is 2. The Morgan fingerprint density at radius 2 is 1.70 bits per heavy atom. The van der Waals surface area contributed by atoms with Crippen molar-refractivity contribution in [3.63, 3.8) is 0 Å². The van der Waals surface area contributed by atoms with Crippen LogP contribution in [0.15, 0.2) is 81.8 Å². The molecular weight excluding hydrogens is 440 g/mol. The van der Waals surface area contributed by atoms with Crippen LogP contribution in [0.1, 0.15) is 21.7 Å². The molecule has 0 saturated heterocycles. The lowest BCUT2D eigenvalue weighted by Crippen LogP contribution is -2.18. The van der Waals surface area contributed by atoms with Crippen molar-refractivity contribution < 1.29 is 18.4 Å². The van der Waals surface area contributed by atoms with E-state index >= 15 is 0 Å². The average molecular weight is 459 g/mol. The Balaban J connectivity index is 1.43. The van der Waals surface area contributed by atoms with Gasteiger partial charge in [-0.05, 0) is 55.0 Å². The monoisotopic (exact) mass is 458 g/mol. The number of para-hydroxylation sites is 1. The number of hydrogen-bond acceptors (Lipinski definition) is 4. The van der Waals surface area contributed by atoms with E-state index in [1.54, 1.807) is 48.7 Å². The first-order chi connectivity index (χ1) is 16.0. The zero-order valence-corrected chi connectivity index (χ0v) is 18.4. The fraction of sp³-hybridized carbons (Fsp3) is 0.0769. The maximum absolute atomic E-state index is 13.0. The minimum Gasteiger partial charge on any atom is -0.464 e. The molecule has 2 aromatic heterocycles. The molecule has 0 bridgehead atoms. The Bertz CT molecular complexity index is 1500. The molecule has 7 heteroatoms. The van der Waals surface area contributed by atoms with Gasteiger partial charge in [0, 0.05) is 27.0 Å². The summed E-state index contributed by atoms with van der Waals surface area (Å²) < 4.78 is 11.4. The second-order valence-electron chi connectivity index (χ2n) is 7.75. The lowest BCUT2D eigenvalue weighted by Gasteiger charge is -2.07. The molecule has 0 aliphatic rings. The van der Waals surface area contributed by atoms with Gasteiger partial charge in [0.2, 0.25) is 11.7 Å². The molecule has 0 atom stereocenters. The number of anilines is 2. The molecule has 0 unspecified atom stereocenters. The summed E-state index contributed by atoms with van der Waals surface area (Å²) in [7, 11) is 0. The Kier molecular flexibility index (Phi) is 5.36. The zero-order chi connectivity index (χ0) is 22.9. The quantitative estimate of drug-likeness (QED) is 0.312. The van der Waals surface area contributed by atoms with Gasteiger partial charge in [-0.15, -0.1) is 0 Å². The molecule has 6 nitrogen and oxygen atoms in total. The van der Waals surface area contributed by atoms with Gasteiger partial charge < -0.3 is 19.5 Å². The largest absolute Gasteiger partial charge is 0.464 e. The molecule has 164 valence electrons. The van der Waals surface area contributed by atoms with Crippen LogP contribution in [0.25, 0.3) is 21.9 Å². The van der Waals surface area contributed by atoms with Crippen molar-refractivity contribution in [2.45, 2.75) is 13.3 Å². The van der Waals surface area contributed by atoms with Gasteiger partial charge in [0.15, 0.2) is 0 Å². The van der Waals surface area contributed by atoms with Gasteiger partial charge in [-0.3, -0.25) is 9.59 Å². The highest BCUT2D eigenvalue weighted by Gasteiger charge is 2.23. The van der Waals surface area contributed by atoms with Gasteiger partial charge >= 0.3 is 0 Å². The van der Waals surface area contributed by atoms with Crippen LogP contribution in [-0.4, -0.2) is 11.8 Å². The third-order valence-electron chi connectivity index (χ3n) is 5.33.